The molecule has 1 aliphatic heterocycles. The van der Waals surface area contributed by atoms with E-state index in [2.05, 4.69) is 5.32 Å². The lowest BCUT2D eigenvalue weighted by atomic mass is 9.95. The first-order valence-electron chi connectivity index (χ1n) is 9.54. The second-order valence-corrected chi connectivity index (χ2v) is 7.26. The zero-order chi connectivity index (χ0) is 20.8. The fourth-order valence-electron chi connectivity index (χ4n) is 4.01. The summed E-state index contributed by atoms with van der Waals surface area (Å²) in [5, 5.41) is 20.0. The quantitative estimate of drug-likeness (QED) is 0.490. The molecule has 4 N–H and O–H groups in total. The fraction of sp³-hybridized carbons (Fsp3) is 0.0870. The number of nitrogens with two attached hydrogens (primary N) is 1. The lowest BCUT2D eigenvalue weighted by Crippen LogP contribution is -2.31. The third kappa shape index (κ3) is 2.79. The van der Waals surface area contributed by atoms with Gasteiger partial charge in [0.15, 0.2) is 5.82 Å². The minimum absolute atomic E-state index is 0.100. The second kappa shape index (κ2) is 6.73. The highest BCUT2D eigenvalue weighted by atomic mass is 16.3. The molecule has 1 unspecified atom stereocenters. The number of aromatic nitrogens is 3. The lowest BCUT2D eigenvalue weighted by Gasteiger charge is -2.27. The van der Waals surface area contributed by atoms with E-state index < -0.39 is 11.9 Å². The lowest BCUT2D eigenvalue weighted by molar-refractivity contribution is -0.115. The van der Waals surface area contributed by atoms with Crippen LogP contribution in [0.4, 0.5) is 5.95 Å². The highest BCUT2D eigenvalue weighted by Crippen LogP contribution is 2.37. The molecule has 30 heavy (non-hydrogen) atoms. The Morgan fingerprint density at radius 2 is 1.87 bits per heavy atom. The van der Waals surface area contributed by atoms with Crippen LogP contribution in [0.5, 0.6) is 5.75 Å². The summed E-state index contributed by atoms with van der Waals surface area (Å²) in [7, 11) is 0. The molecule has 148 valence electrons. The predicted octanol–water partition coefficient (Wildman–Crippen LogP) is 3.58. The van der Waals surface area contributed by atoms with Gasteiger partial charge in [-0.2, -0.15) is 4.98 Å². The molecule has 3 aromatic carbocycles. The first kappa shape index (κ1) is 17.9. The average molecular weight is 397 g/mol. The number of phenolic OH excluding ortho intramolecular Hbond substituents is 1. The van der Waals surface area contributed by atoms with E-state index in [9.17, 15) is 9.90 Å². The Bertz CT molecular complexity index is 1330. The summed E-state index contributed by atoms with van der Waals surface area (Å²) >= 11 is 0. The maximum Gasteiger partial charge on any atom is 0.248 e. The second-order valence-electron chi connectivity index (χ2n) is 7.26. The number of allylic oxidation sites excluding steroid dienone is 1. The molecule has 4 aromatic rings. The van der Waals surface area contributed by atoms with Gasteiger partial charge in [-0.15, -0.1) is 5.10 Å². The standard InChI is InChI=1S/C23H19N5O2/c1-13-19(21(24)30)20(15-8-4-9-16(29)12-15)28-23(25-13)26-22(27-28)18-11-5-7-14-6-2-3-10-17(14)18/h2-12,20,29H,1H3,(H2,24,30)(H,25,26,27). The van der Waals surface area contributed by atoms with Crippen molar-refractivity contribution >= 4 is 22.6 Å². The third-order valence-corrected chi connectivity index (χ3v) is 5.33. The maximum absolute atomic E-state index is 12.3. The van der Waals surface area contributed by atoms with Crippen LogP contribution in [-0.4, -0.2) is 25.8 Å². The minimum Gasteiger partial charge on any atom is -0.508 e. The van der Waals surface area contributed by atoms with Crippen LogP contribution in [0.15, 0.2) is 78.0 Å². The van der Waals surface area contributed by atoms with E-state index in [1.165, 1.54) is 0 Å². The van der Waals surface area contributed by atoms with Gasteiger partial charge < -0.3 is 16.2 Å². The summed E-state index contributed by atoms with van der Waals surface area (Å²) in [5.74, 6) is 0.594. The number of hydrogen-bond donors (Lipinski definition) is 3. The van der Waals surface area contributed by atoms with E-state index in [1.807, 2.05) is 48.5 Å². The van der Waals surface area contributed by atoms with Gasteiger partial charge in [0.2, 0.25) is 11.9 Å². The van der Waals surface area contributed by atoms with Gasteiger partial charge >= 0.3 is 0 Å². The highest BCUT2D eigenvalue weighted by Gasteiger charge is 2.33. The first-order valence-corrected chi connectivity index (χ1v) is 9.54. The van der Waals surface area contributed by atoms with Gasteiger partial charge in [0.25, 0.3) is 0 Å². The Hall–Kier alpha value is -4.13. The summed E-state index contributed by atoms with van der Waals surface area (Å²) in [4.78, 5) is 17.0. The number of carbonyl (C=O) groups is 1. The van der Waals surface area contributed by atoms with Gasteiger partial charge in [0, 0.05) is 11.3 Å². The van der Waals surface area contributed by atoms with Crippen LogP contribution >= 0.6 is 0 Å². The van der Waals surface area contributed by atoms with Crippen molar-refractivity contribution in [2.45, 2.75) is 13.0 Å². The SMILES string of the molecule is CC1=C(C(N)=O)C(c2cccc(O)c2)n2nc(-c3cccc4ccccc34)nc2N1. The number of amides is 1. The fourth-order valence-corrected chi connectivity index (χ4v) is 4.01. The Balaban J connectivity index is 1.72. The zero-order valence-corrected chi connectivity index (χ0v) is 16.2. The molecular weight excluding hydrogens is 378 g/mol. The summed E-state index contributed by atoms with van der Waals surface area (Å²) < 4.78 is 1.65. The Morgan fingerprint density at radius 1 is 1.10 bits per heavy atom. The van der Waals surface area contributed by atoms with Crippen LogP contribution < -0.4 is 11.1 Å². The number of rotatable bonds is 3. The van der Waals surface area contributed by atoms with E-state index in [0.717, 1.165) is 16.3 Å². The molecule has 1 aromatic heterocycles. The predicted molar refractivity (Wildman–Crippen MR) is 115 cm³/mol. The molecule has 0 radical (unpaired) electrons. The van der Waals surface area contributed by atoms with Gasteiger partial charge in [-0.25, -0.2) is 4.68 Å². The van der Waals surface area contributed by atoms with Crippen molar-refractivity contribution in [2.24, 2.45) is 5.73 Å². The number of nitrogens with zero attached hydrogens (tertiary/aromatic N) is 3. The van der Waals surface area contributed by atoms with Crippen molar-refractivity contribution in [2.75, 3.05) is 5.32 Å². The van der Waals surface area contributed by atoms with Crippen molar-refractivity contribution in [3.63, 3.8) is 0 Å². The minimum atomic E-state index is -0.595. The number of nitrogens with one attached hydrogen (secondary N) is 1. The maximum atomic E-state index is 12.3. The summed E-state index contributed by atoms with van der Waals surface area (Å²) in [6.07, 6.45) is 0. The monoisotopic (exact) mass is 397 g/mol. The number of phenols is 1. The van der Waals surface area contributed by atoms with E-state index >= 15 is 0 Å². The molecule has 0 saturated carbocycles. The van der Waals surface area contributed by atoms with Gasteiger partial charge in [-0.05, 0) is 35.4 Å². The van der Waals surface area contributed by atoms with Crippen LogP contribution in [0, 0.1) is 0 Å². The van der Waals surface area contributed by atoms with Crippen molar-refractivity contribution in [3.8, 4) is 17.1 Å². The molecule has 0 bridgehead atoms. The van der Waals surface area contributed by atoms with Crippen LogP contribution in [0.1, 0.15) is 18.5 Å². The van der Waals surface area contributed by atoms with Crippen molar-refractivity contribution in [1.29, 1.82) is 0 Å². The number of hydrogen-bond acceptors (Lipinski definition) is 5. The Kier molecular flexibility index (Phi) is 4.03. The number of primary amides is 1. The molecule has 0 aliphatic carbocycles. The van der Waals surface area contributed by atoms with E-state index in [4.69, 9.17) is 15.8 Å². The average Bonchev–Trinajstić information content (AvgIpc) is 3.15. The Labute approximate surface area is 172 Å². The van der Waals surface area contributed by atoms with Crippen LogP contribution in [-0.2, 0) is 4.79 Å². The summed E-state index contributed by atoms with van der Waals surface area (Å²) in [6.45, 7) is 1.78. The third-order valence-electron chi connectivity index (χ3n) is 5.33. The molecule has 1 amide bonds. The topological polar surface area (TPSA) is 106 Å². The van der Waals surface area contributed by atoms with Crippen LogP contribution in [0.25, 0.3) is 22.2 Å². The molecule has 0 spiro atoms. The van der Waals surface area contributed by atoms with Crippen molar-refractivity contribution in [1.82, 2.24) is 14.8 Å². The van der Waals surface area contributed by atoms with Gasteiger partial charge in [-0.1, -0.05) is 54.6 Å². The highest BCUT2D eigenvalue weighted by molar-refractivity contribution is 5.96. The molecule has 7 nitrogen and oxygen atoms in total. The molecule has 1 aliphatic rings. The molecule has 7 heteroatoms. The number of fused-ring (bicyclic) bond motifs is 2. The first-order chi connectivity index (χ1) is 14.5. The normalized spacial score (nSPS) is 15.7. The molecule has 0 fully saturated rings. The van der Waals surface area contributed by atoms with E-state index in [-0.39, 0.29) is 5.75 Å². The molecular formula is C23H19N5O2. The molecule has 5 rings (SSSR count). The largest absolute Gasteiger partial charge is 0.508 e. The number of benzene rings is 3. The zero-order valence-electron chi connectivity index (χ0n) is 16.2. The molecule has 2 heterocycles. The van der Waals surface area contributed by atoms with Crippen molar-refractivity contribution in [3.05, 3.63) is 83.6 Å². The number of aromatic hydroxyl groups is 1. The van der Waals surface area contributed by atoms with E-state index in [0.29, 0.717) is 28.6 Å². The van der Waals surface area contributed by atoms with Crippen LogP contribution in [0.3, 0.4) is 0 Å². The Morgan fingerprint density at radius 3 is 2.67 bits per heavy atom. The van der Waals surface area contributed by atoms with Gasteiger partial charge in [0.1, 0.15) is 11.8 Å². The van der Waals surface area contributed by atoms with Gasteiger partial charge in [0.05, 0.1) is 5.57 Å². The summed E-state index contributed by atoms with van der Waals surface area (Å²) in [6, 6.07) is 20.2. The van der Waals surface area contributed by atoms with Gasteiger partial charge in [-0.3, -0.25) is 4.79 Å². The van der Waals surface area contributed by atoms with Crippen molar-refractivity contribution < 1.29 is 9.90 Å². The number of anilines is 1. The molecule has 1 atom stereocenters. The summed E-state index contributed by atoms with van der Waals surface area (Å²) in [5.41, 5.74) is 8.29. The number of carbonyl (C=O) groups excluding carboxylic acids is 1. The van der Waals surface area contributed by atoms with Crippen LogP contribution in [0.2, 0.25) is 0 Å². The van der Waals surface area contributed by atoms with E-state index in [1.54, 1.807) is 29.8 Å². The smallest absolute Gasteiger partial charge is 0.248 e. The molecule has 0 saturated heterocycles.